The second-order valence-electron chi connectivity index (χ2n) is 3.52. The maximum absolute atomic E-state index is 9.92. The van der Waals surface area contributed by atoms with Crippen LogP contribution < -0.4 is 18.8 Å². The van der Waals surface area contributed by atoms with Crippen LogP contribution >= 0.6 is 0 Å². The molecule has 0 aromatic rings. The van der Waals surface area contributed by atoms with Crippen LogP contribution in [-0.4, -0.2) is 50.7 Å². The summed E-state index contributed by atoms with van der Waals surface area (Å²) in [6.07, 6.45) is 0. The van der Waals surface area contributed by atoms with Gasteiger partial charge in [0.15, 0.2) is 0 Å². The van der Waals surface area contributed by atoms with E-state index in [9.17, 15) is 13.6 Å². The Morgan fingerprint density at radius 3 is 2.62 bits per heavy atom. The summed E-state index contributed by atoms with van der Waals surface area (Å²) in [5.41, 5.74) is -1.40. The summed E-state index contributed by atoms with van der Waals surface area (Å²) in [4.78, 5) is 1.51. The third kappa shape index (κ3) is 1.97. The second kappa shape index (κ2) is 3.59. The van der Waals surface area contributed by atoms with Crippen LogP contribution in [0, 0.1) is 0 Å². The molecule has 5 nitrogen and oxygen atoms in total. The Balaban J connectivity index is 2.85. The number of hydrogen-bond donors (Lipinski definition) is 4. The summed E-state index contributed by atoms with van der Waals surface area (Å²) in [6.45, 7) is 1.05. The van der Waals surface area contributed by atoms with Gasteiger partial charge in [0.2, 0.25) is 0 Å². The number of aliphatic hydroxyl groups is 3. The van der Waals surface area contributed by atoms with Gasteiger partial charge in [-0.2, -0.15) is 0 Å². The Bertz CT molecular complexity index is 193. The minimum absolute atomic E-state index is 0.0566. The molecule has 1 heterocycles. The van der Waals surface area contributed by atoms with Crippen molar-refractivity contribution < 1.29 is 42.3 Å². The van der Waals surface area contributed by atoms with Crippen molar-refractivity contribution in [2.45, 2.75) is 20.7 Å². The van der Waals surface area contributed by atoms with Crippen molar-refractivity contribution in [1.29, 1.82) is 0 Å². The minimum atomic E-state index is -3.57. The van der Waals surface area contributed by atoms with Crippen molar-refractivity contribution in [3.63, 3.8) is 0 Å². The average molecular weight is 307 g/mol. The monoisotopic (exact) mass is 307 g/mol. The van der Waals surface area contributed by atoms with Gasteiger partial charge in [0, 0.05) is 0 Å². The van der Waals surface area contributed by atoms with Gasteiger partial charge in [-0.1, -0.05) is 0 Å². The molecule has 1 aliphatic heterocycles. The zero-order chi connectivity index (χ0) is 10.3. The molecular formula is C7H16IO5-. The molecule has 82 valence electrons. The van der Waals surface area contributed by atoms with Gasteiger partial charge in [0.1, 0.15) is 0 Å². The quantitative estimate of drug-likeness (QED) is 0.288. The summed E-state index contributed by atoms with van der Waals surface area (Å²) in [5, 5.41) is 28.2. The molecule has 4 atom stereocenters. The first-order valence-corrected chi connectivity index (χ1v) is 9.47. The van der Waals surface area contributed by atoms with Gasteiger partial charge < -0.3 is 0 Å². The Morgan fingerprint density at radius 2 is 2.15 bits per heavy atom. The van der Waals surface area contributed by atoms with Crippen LogP contribution in [0.4, 0.5) is 0 Å². The first-order valence-electron chi connectivity index (χ1n) is 3.86. The van der Waals surface area contributed by atoms with Crippen LogP contribution in [0.2, 0.25) is 0 Å². The average Bonchev–Trinajstić information content (AvgIpc) is 2.01. The Morgan fingerprint density at radius 1 is 1.62 bits per heavy atom. The molecule has 1 rings (SSSR count). The summed E-state index contributed by atoms with van der Waals surface area (Å²) in [6, 6.07) is 0. The molecule has 6 heteroatoms. The molecule has 1 saturated heterocycles. The number of aliphatic hydroxyl groups excluding tert-OH is 2. The van der Waals surface area contributed by atoms with E-state index >= 15 is 0 Å². The van der Waals surface area contributed by atoms with Gasteiger partial charge in [-0.15, -0.1) is 0 Å². The van der Waals surface area contributed by atoms with Gasteiger partial charge in [-0.05, 0) is 0 Å². The van der Waals surface area contributed by atoms with Crippen LogP contribution in [0.3, 0.4) is 0 Å². The molecule has 1 fully saturated rings. The number of halogens is 1. The van der Waals surface area contributed by atoms with E-state index < -0.39 is 32.7 Å². The van der Waals surface area contributed by atoms with Crippen LogP contribution in [0.25, 0.3) is 0 Å². The van der Waals surface area contributed by atoms with Crippen molar-refractivity contribution in [1.82, 2.24) is 0 Å². The molecule has 0 aliphatic carbocycles. The van der Waals surface area contributed by atoms with Gasteiger partial charge in [0.25, 0.3) is 0 Å². The van der Waals surface area contributed by atoms with Crippen LogP contribution in [0.15, 0.2) is 0 Å². The fourth-order valence-electron chi connectivity index (χ4n) is 1.26. The normalized spacial score (nSPS) is 57.1. The second-order valence-corrected chi connectivity index (χ2v) is 11.4. The molecule has 0 spiro atoms. The van der Waals surface area contributed by atoms with Crippen molar-refractivity contribution in [2.75, 3.05) is 18.1 Å². The fourth-order valence-corrected chi connectivity index (χ4v) is 6.62. The van der Waals surface area contributed by atoms with E-state index in [1.807, 2.05) is 0 Å². The van der Waals surface area contributed by atoms with E-state index in [0.717, 1.165) is 0 Å². The number of hydrogen-bond acceptors (Lipinski definition) is 5. The molecule has 4 N–H and O–H groups in total. The SMILES string of the molecule is C[C@@]1(O)CO[C@H](CO)[I-](C)(O)[C@@H]1O. The maximum atomic E-state index is 9.92. The van der Waals surface area contributed by atoms with E-state index in [0.29, 0.717) is 0 Å². The molecule has 0 aromatic heterocycles. The van der Waals surface area contributed by atoms with Crippen molar-refractivity contribution in [3.8, 4) is 0 Å². The summed E-state index contributed by atoms with van der Waals surface area (Å²) in [7, 11) is 0. The fraction of sp³-hybridized carbons (Fsp3) is 1.00. The molecule has 1 aliphatic rings. The summed E-state index contributed by atoms with van der Waals surface area (Å²) < 4.78 is 13.2. The van der Waals surface area contributed by atoms with Crippen LogP contribution in [0.1, 0.15) is 6.92 Å². The topological polar surface area (TPSA) is 90.2 Å². The first-order chi connectivity index (χ1) is 5.82. The summed E-state index contributed by atoms with van der Waals surface area (Å²) >= 11 is -3.57. The Labute approximate surface area is 81.4 Å². The molecule has 0 bridgehead atoms. The predicted molar refractivity (Wildman–Crippen MR) is 41.6 cm³/mol. The third-order valence-corrected chi connectivity index (χ3v) is 9.42. The van der Waals surface area contributed by atoms with E-state index in [4.69, 9.17) is 9.84 Å². The number of ether oxygens (including phenoxy) is 1. The van der Waals surface area contributed by atoms with Crippen molar-refractivity contribution in [3.05, 3.63) is 0 Å². The molecule has 13 heavy (non-hydrogen) atoms. The molecule has 0 aromatic carbocycles. The predicted octanol–water partition coefficient (Wildman–Crippen LogP) is -4.90. The van der Waals surface area contributed by atoms with Gasteiger partial charge in [-0.3, -0.25) is 0 Å². The first kappa shape index (κ1) is 11.6. The Hall–Kier alpha value is 0.530. The number of alkyl halides is 3. The van der Waals surface area contributed by atoms with Gasteiger partial charge >= 0.3 is 81.2 Å². The molecule has 1 unspecified atom stereocenters. The van der Waals surface area contributed by atoms with Crippen molar-refractivity contribution >= 4 is 0 Å². The zero-order valence-electron chi connectivity index (χ0n) is 7.64. The van der Waals surface area contributed by atoms with Crippen LogP contribution in [-0.2, 0) is 4.74 Å². The van der Waals surface area contributed by atoms with Crippen LogP contribution in [0.5, 0.6) is 0 Å². The molecular weight excluding hydrogens is 291 g/mol. The summed E-state index contributed by atoms with van der Waals surface area (Å²) in [5.74, 6) is 0. The van der Waals surface area contributed by atoms with Gasteiger partial charge in [0.05, 0.1) is 0 Å². The van der Waals surface area contributed by atoms with E-state index in [1.54, 1.807) is 0 Å². The van der Waals surface area contributed by atoms with Crippen molar-refractivity contribution in [2.24, 2.45) is 0 Å². The molecule has 0 radical (unpaired) electrons. The Kier molecular flexibility index (Phi) is 3.21. The van der Waals surface area contributed by atoms with E-state index in [2.05, 4.69) is 0 Å². The van der Waals surface area contributed by atoms with E-state index in [-0.39, 0.29) is 13.2 Å². The number of rotatable bonds is 1. The standard InChI is InChI=1S/C7H16IO5/c1-7(11)4-13-5(3-9)8(2,12)6(7)10/h5-6,9-12H,3-4H2,1-2H3/q-1/t5-,6-,7-/m1/s1. The zero-order valence-corrected chi connectivity index (χ0v) is 9.80. The molecule has 0 saturated carbocycles. The van der Waals surface area contributed by atoms with Gasteiger partial charge in [-0.25, -0.2) is 0 Å². The third-order valence-electron chi connectivity index (χ3n) is 2.12. The molecule has 0 amide bonds. The van der Waals surface area contributed by atoms with E-state index in [1.165, 1.54) is 11.9 Å².